The molecule has 4 aliphatic rings. The number of nitrogens with zero attached hydrogens (tertiary/aromatic N) is 6. The van der Waals surface area contributed by atoms with Crippen molar-refractivity contribution in [3.8, 4) is 22.9 Å². The average molecular weight is 1440 g/mol. The summed E-state index contributed by atoms with van der Waals surface area (Å²) < 4.78 is 41.2. The van der Waals surface area contributed by atoms with Crippen molar-refractivity contribution in [1.82, 2.24) is 29.4 Å². The fraction of sp³-hybridized carbons (Fsp3) is 0.431. The largest absolute Gasteiger partial charge is 1.00 e. The molecule has 21 nitrogen and oxygen atoms in total. The number of carbonyl (C=O) groups is 2. The Bertz CT molecular complexity index is 3610. The standard InChI is InChI=1S/C31H37N5O3.C17H23BN2O3.C17H21NO2.C6H12ClNO.CH2O3.ClH.2K/c1-22-9-11-23(12-10-22)36-29(21-28(34-36)31(2,3)4)33-30(37)32-26-13-14-27(25-8-6-5-7-24(25)26)39-20-17-35-15-18-38-19-16-35;1-18(21)19-16-6-7-17(15-5-3-2-4-14(15)16)23-13-10-20-8-11-22-12-9-20;1-14-6-7-17(16-5-3-2-4-15(14)16)20-13-10-18-8-11-19-12-9-18;7-1-2-8-3-5-9-6-4-8;2-1-4-3;;;/h5-14,21H,15-20H2,1-4H3,(H2,32,33,37);2-7,19,21H,8-13H2,1H3;2-7H,8-13H2,1H3;1-6H2;1,3H;1H;;/q;;;;;;;+1/p-1. The molecular weight excluding hydrogens is 1340 g/mol. The monoisotopic (exact) mass is 1440 g/mol. The molecule has 1 radical (unpaired) electrons. The fourth-order valence-corrected chi connectivity index (χ4v) is 11.3. The van der Waals surface area contributed by atoms with Gasteiger partial charge in [0.25, 0.3) is 6.47 Å². The van der Waals surface area contributed by atoms with Crippen LogP contribution >= 0.6 is 24.0 Å². The fourth-order valence-electron chi connectivity index (χ4n) is 11.1. The summed E-state index contributed by atoms with van der Waals surface area (Å²) in [5, 5.41) is 38.4. The van der Waals surface area contributed by atoms with Crippen LogP contribution in [0.3, 0.4) is 0 Å². The molecule has 5 heterocycles. The van der Waals surface area contributed by atoms with Crippen LogP contribution in [-0.4, -0.2) is 262 Å². The number of hydrogen-bond acceptors (Lipinski definition) is 18. The predicted octanol–water partition coefficient (Wildman–Crippen LogP) is 6.96. The number of amides is 2. The van der Waals surface area contributed by atoms with E-state index in [2.05, 4.69) is 104 Å². The van der Waals surface area contributed by atoms with Gasteiger partial charge in [-0.3, -0.25) is 29.7 Å². The number of alkyl halides is 1. The van der Waals surface area contributed by atoms with Crippen molar-refractivity contribution in [3.05, 3.63) is 156 Å². The molecule has 0 atom stereocenters. The van der Waals surface area contributed by atoms with Gasteiger partial charge < -0.3 is 58.9 Å². The van der Waals surface area contributed by atoms with Gasteiger partial charge in [-0.2, -0.15) is 5.10 Å². The van der Waals surface area contributed by atoms with Crippen molar-refractivity contribution < 1.29 is 109 Å². The topological polar surface area (TPSA) is 218 Å². The second-order valence-electron chi connectivity index (χ2n) is 24.3. The van der Waals surface area contributed by atoms with E-state index in [9.17, 15) is 9.82 Å². The second-order valence-corrected chi connectivity index (χ2v) is 24.7. The van der Waals surface area contributed by atoms with Crippen LogP contribution in [0.2, 0.25) is 6.82 Å². The number of aromatic nitrogens is 2. The minimum atomic E-state index is -0.591. The number of morpholine rings is 4. The first-order valence-corrected chi connectivity index (χ1v) is 33.3. The number of hydrogen-bond donors (Lipinski definition) is 4. The van der Waals surface area contributed by atoms with Crippen molar-refractivity contribution in [2.75, 3.05) is 173 Å². The molecule has 0 unspecified atom stereocenters. The van der Waals surface area contributed by atoms with Crippen LogP contribution in [0, 0.1) is 13.8 Å². The van der Waals surface area contributed by atoms with Crippen LogP contribution in [0.25, 0.3) is 38.0 Å². The van der Waals surface area contributed by atoms with Crippen LogP contribution in [0.5, 0.6) is 17.2 Å². The Hall–Kier alpha value is -4.01. The molecule has 8 aromatic rings. The van der Waals surface area contributed by atoms with Gasteiger partial charge >= 0.3 is 64.5 Å². The Morgan fingerprint density at radius 2 is 0.959 bits per heavy atom. The van der Waals surface area contributed by atoms with Gasteiger partial charge in [0.05, 0.1) is 69.9 Å². The molecule has 12 rings (SSSR count). The molecule has 26 heteroatoms. The van der Waals surface area contributed by atoms with Crippen LogP contribution in [0.15, 0.2) is 140 Å². The third-order valence-corrected chi connectivity index (χ3v) is 16.5. The maximum absolute atomic E-state index is 13.2. The van der Waals surface area contributed by atoms with Gasteiger partial charge in [0, 0.05) is 180 Å². The summed E-state index contributed by atoms with van der Waals surface area (Å²) in [6.45, 7) is 32.3. The summed E-state index contributed by atoms with van der Waals surface area (Å²) in [7, 11) is -0.591. The summed E-state index contributed by atoms with van der Waals surface area (Å²) >= 11 is 5.55. The average Bonchev–Trinajstić information content (AvgIpc) is 1.49. The number of aryl methyl sites for hydroxylation is 2. The molecule has 2 amide bonds. The maximum Gasteiger partial charge on any atom is 1.00 e. The smallest absolute Gasteiger partial charge is 0.662 e. The first-order valence-electron chi connectivity index (χ1n) is 32.8. The first kappa shape index (κ1) is 84.6. The molecule has 98 heavy (non-hydrogen) atoms. The van der Waals surface area contributed by atoms with Crippen LogP contribution in [0.1, 0.15) is 37.6 Å². The van der Waals surface area contributed by atoms with Crippen molar-refractivity contribution in [3.63, 3.8) is 0 Å². The van der Waals surface area contributed by atoms with Crippen LogP contribution in [-0.2, 0) is 34.0 Å². The Morgan fingerprint density at radius 3 is 1.37 bits per heavy atom. The van der Waals surface area contributed by atoms with Gasteiger partial charge in [-0.15, -0.1) is 24.0 Å². The van der Waals surface area contributed by atoms with Gasteiger partial charge in [-0.25, -0.2) is 9.48 Å². The van der Waals surface area contributed by atoms with E-state index in [1.165, 1.54) is 16.3 Å². The predicted molar refractivity (Wildman–Crippen MR) is 390 cm³/mol. The molecule has 4 N–H and O–H groups in total. The summed E-state index contributed by atoms with van der Waals surface area (Å²) in [6, 6.07) is 46.1. The van der Waals surface area contributed by atoms with Crippen molar-refractivity contribution in [2.45, 2.75) is 46.9 Å². The SMILES string of the molecule is CB(O)Nc1ccc(OCCN2CCOCC2)c2ccccc12.Cc1ccc(-n2nc(C(C)(C)C)cc2NC(=O)Nc2ccc(OCCN3CCOCC3)c3ccccc23)cc1.Cc1ccc(OCCN2CCOCC2)c2ccccc12.Cl.ClCCN1CCOCC1.O=CO[O-].[K+].[K]. The van der Waals surface area contributed by atoms with Gasteiger partial charge in [0.1, 0.15) is 42.9 Å². The van der Waals surface area contributed by atoms with E-state index in [1.54, 1.807) is 11.5 Å². The molecule has 4 saturated heterocycles. The molecule has 4 aliphatic heterocycles. The number of carbonyl (C=O) groups excluding carboxylic acids is 2. The quantitative estimate of drug-likeness (QED) is 0.0199. The Balaban J connectivity index is 0.000000251. The zero-order valence-electron chi connectivity index (χ0n) is 58.3. The number of anilines is 3. The Morgan fingerprint density at radius 1 is 0.582 bits per heavy atom. The molecule has 519 valence electrons. The van der Waals surface area contributed by atoms with Gasteiger partial charge in [0.2, 0.25) is 0 Å². The van der Waals surface area contributed by atoms with E-state index < -0.39 is 7.05 Å². The minimum absolute atomic E-state index is 0. The van der Waals surface area contributed by atoms with Crippen molar-refractivity contribution in [1.29, 1.82) is 0 Å². The third kappa shape index (κ3) is 27.6. The van der Waals surface area contributed by atoms with E-state index in [0.29, 0.717) is 24.7 Å². The first-order chi connectivity index (χ1) is 46.2. The molecule has 0 spiro atoms. The molecule has 4 fully saturated rings. The molecule has 1 aromatic heterocycles. The van der Waals surface area contributed by atoms with Crippen molar-refractivity contribution >= 4 is 144 Å². The van der Waals surface area contributed by atoms with E-state index >= 15 is 0 Å². The number of benzene rings is 7. The molecular formula is C72H95BCl2K2N9O12. The summed E-state index contributed by atoms with van der Waals surface area (Å²) in [5.74, 6) is 4.01. The number of nitrogens with one attached hydrogen (secondary N) is 3. The van der Waals surface area contributed by atoms with Gasteiger partial charge in [0.15, 0.2) is 0 Å². The number of urea groups is 1. The zero-order valence-corrected chi connectivity index (χ0v) is 66.1. The second kappa shape index (κ2) is 45.9. The summed E-state index contributed by atoms with van der Waals surface area (Å²) in [6.07, 6.45) is 0. The molecule has 0 aliphatic carbocycles. The van der Waals surface area contributed by atoms with E-state index in [1.807, 2.05) is 110 Å². The maximum atomic E-state index is 13.2. The Kier molecular flexibility index (Phi) is 39.6. The summed E-state index contributed by atoms with van der Waals surface area (Å²) in [5.41, 5.74) is 5.68. The normalized spacial score (nSPS) is 15.0. The summed E-state index contributed by atoms with van der Waals surface area (Å²) in [4.78, 5) is 33.9. The number of rotatable bonds is 20. The van der Waals surface area contributed by atoms with Crippen LogP contribution < -0.4 is 86.7 Å². The zero-order chi connectivity index (χ0) is 67.2. The van der Waals surface area contributed by atoms with Crippen molar-refractivity contribution in [2.24, 2.45) is 0 Å². The number of halogens is 2. The third-order valence-electron chi connectivity index (χ3n) is 16.3. The van der Waals surface area contributed by atoms with Crippen LogP contribution in [0.4, 0.5) is 22.0 Å². The Labute approximate surface area is 674 Å². The molecule has 0 bridgehead atoms. The number of fused-ring (bicyclic) bond motifs is 3. The molecule has 0 saturated carbocycles. The van der Waals surface area contributed by atoms with E-state index in [4.69, 9.17) is 59.9 Å². The minimum Gasteiger partial charge on any atom is -0.662 e. The number of ether oxygens (including phenoxy) is 7. The molecule has 7 aromatic carbocycles. The van der Waals surface area contributed by atoms with Gasteiger partial charge in [-0.1, -0.05) is 117 Å². The van der Waals surface area contributed by atoms with E-state index in [0.717, 1.165) is 205 Å². The van der Waals surface area contributed by atoms with E-state index in [-0.39, 0.29) is 133 Å². The van der Waals surface area contributed by atoms with Gasteiger partial charge in [-0.05, 0) is 74.1 Å².